The molecule has 5 nitrogen and oxygen atoms in total. The minimum atomic E-state index is -0.845. The molecule has 0 saturated heterocycles. The monoisotopic (exact) mass is 460 g/mol. The maximum atomic E-state index is 11.5. The Kier molecular flexibility index (Phi) is 6.32. The first-order valence-electron chi connectivity index (χ1n) is 12.0. The highest BCUT2D eigenvalue weighted by Crippen LogP contribution is 2.46. The fourth-order valence-electron chi connectivity index (χ4n) is 5.13. The number of ether oxygens (including phenoxy) is 1. The average Bonchev–Trinajstić information content (AvgIpc) is 3.20. The van der Waals surface area contributed by atoms with Gasteiger partial charge < -0.3 is 14.4 Å². The van der Waals surface area contributed by atoms with E-state index in [0.29, 0.717) is 6.61 Å². The van der Waals surface area contributed by atoms with Crippen molar-refractivity contribution in [3.63, 3.8) is 0 Å². The van der Waals surface area contributed by atoms with Gasteiger partial charge in [-0.1, -0.05) is 52.0 Å². The number of carboxylic acid groups (broad SMARTS) is 1. The van der Waals surface area contributed by atoms with Crippen LogP contribution in [0.4, 0.5) is 0 Å². The zero-order valence-electron chi connectivity index (χ0n) is 21.2. The Morgan fingerprint density at radius 3 is 2.26 bits per heavy atom. The lowest BCUT2D eigenvalue weighted by molar-refractivity contribution is -0.137. The van der Waals surface area contributed by atoms with E-state index in [0.717, 1.165) is 17.1 Å². The van der Waals surface area contributed by atoms with Crippen molar-refractivity contribution >= 4 is 5.97 Å². The Morgan fingerprint density at radius 1 is 1.09 bits per heavy atom. The molecule has 0 radical (unpaired) electrons. The molecule has 3 aromatic rings. The van der Waals surface area contributed by atoms with Gasteiger partial charge >= 0.3 is 5.97 Å². The number of imidazole rings is 1. The SMILES string of the molecule is Cc1cc2c(cc1COc1ccc(C(CC(=O)O)c3nccn3C)cc1)C(C)(C)CCC2(C)C. The normalized spacial score (nSPS) is 17.1. The lowest BCUT2D eigenvalue weighted by Gasteiger charge is -2.42. The maximum absolute atomic E-state index is 11.5. The van der Waals surface area contributed by atoms with E-state index in [4.69, 9.17) is 4.74 Å². The predicted octanol–water partition coefficient (Wildman–Crippen LogP) is 6.26. The van der Waals surface area contributed by atoms with Gasteiger partial charge in [-0.3, -0.25) is 4.79 Å². The Hall–Kier alpha value is -3.08. The van der Waals surface area contributed by atoms with E-state index in [9.17, 15) is 9.90 Å². The number of hydrogen-bond donors (Lipinski definition) is 1. The van der Waals surface area contributed by atoms with Gasteiger partial charge in [0.05, 0.1) is 12.3 Å². The van der Waals surface area contributed by atoms with Crippen LogP contribution in [0.2, 0.25) is 0 Å². The van der Waals surface area contributed by atoms with Crippen molar-refractivity contribution in [3.05, 3.63) is 82.4 Å². The maximum Gasteiger partial charge on any atom is 0.304 e. The van der Waals surface area contributed by atoms with Crippen LogP contribution in [0.15, 0.2) is 48.8 Å². The first-order chi connectivity index (χ1) is 16.0. The molecule has 0 spiro atoms. The molecule has 1 unspecified atom stereocenters. The molecule has 0 amide bonds. The highest BCUT2D eigenvalue weighted by atomic mass is 16.5. The summed E-state index contributed by atoms with van der Waals surface area (Å²) >= 11 is 0. The summed E-state index contributed by atoms with van der Waals surface area (Å²) in [6, 6.07) is 12.5. The Balaban J connectivity index is 1.54. The number of carbonyl (C=O) groups is 1. The van der Waals surface area contributed by atoms with Crippen LogP contribution < -0.4 is 4.74 Å². The van der Waals surface area contributed by atoms with Crippen LogP contribution in [0.1, 0.15) is 86.5 Å². The summed E-state index contributed by atoms with van der Waals surface area (Å²) < 4.78 is 8.05. The molecule has 1 heterocycles. The van der Waals surface area contributed by atoms with Crippen LogP contribution in [0.5, 0.6) is 5.75 Å². The number of rotatable bonds is 7. The molecule has 1 aliphatic rings. The highest BCUT2D eigenvalue weighted by molar-refractivity contribution is 5.68. The molecular formula is C29H36N2O3. The Bertz CT molecular complexity index is 1190. The standard InChI is InChI=1S/C29H36N2O3/c1-19-15-24-25(29(4,5)12-11-28(24,2)3)16-21(19)18-34-22-9-7-20(8-10-22)23(17-26(32)33)27-30-13-14-31(27)6/h7-10,13-16,23H,11-12,17-18H2,1-6H3,(H,32,33). The van der Waals surface area contributed by atoms with Gasteiger partial charge in [0.1, 0.15) is 18.2 Å². The number of aryl methyl sites for hydroxylation is 2. The number of aromatic nitrogens is 2. The third-order valence-electron chi connectivity index (χ3n) is 7.54. The molecule has 1 aromatic heterocycles. The minimum Gasteiger partial charge on any atom is -0.489 e. The fraction of sp³-hybridized carbons (Fsp3) is 0.448. The first-order valence-corrected chi connectivity index (χ1v) is 12.0. The lowest BCUT2D eigenvalue weighted by Crippen LogP contribution is -2.34. The number of benzene rings is 2. The molecule has 0 fully saturated rings. The van der Waals surface area contributed by atoms with Crippen molar-refractivity contribution in [1.29, 1.82) is 0 Å². The molecule has 1 atom stereocenters. The summed E-state index contributed by atoms with van der Waals surface area (Å²) in [4.78, 5) is 15.9. The van der Waals surface area contributed by atoms with Crippen molar-refractivity contribution in [1.82, 2.24) is 9.55 Å². The highest BCUT2D eigenvalue weighted by Gasteiger charge is 2.37. The average molecular weight is 461 g/mol. The van der Waals surface area contributed by atoms with E-state index in [-0.39, 0.29) is 23.2 Å². The predicted molar refractivity (Wildman–Crippen MR) is 135 cm³/mol. The molecule has 180 valence electrons. The number of hydrogen-bond acceptors (Lipinski definition) is 3. The zero-order valence-corrected chi connectivity index (χ0v) is 21.2. The molecule has 2 aromatic carbocycles. The summed E-state index contributed by atoms with van der Waals surface area (Å²) in [5.41, 5.74) is 6.66. The van der Waals surface area contributed by atoms with Crippen LogP contribution in [0, 0.1) is 6.92 Å². The fourth-order valence-corrected chi connectivity index (χ4v) is 5.13. The summed E-state index contributed by atoms with van der Waals surface area (Å²) in [6.07, 6.45) is 5.92. The van der Waals surface area contributed by atoms with Crippen molar-refractivity contribution in [3.8, 4) is 5.75 Å². The van der Waals surface area contributed by atoms with E-state index in [2.05, 4.69) is 51.7 Å². The van der Waals surface area contributed by atoms with E-state index in [1.807, 2.05) is 42.1 Å². The number of aliphatic carboxylic acids is 1. The topological polar surface area (TPSA) is 64.3 Å². The van der Waals surface area contributed by atoms with Crippen molar-refractivity contribution in [2.24, 2.45) is 7.05 Å². The van der Waals surface area contributed by atoms with Crippen molar-refractivity contribution in [2.45, 2.75) is 77.2 Å². The smallest absolute Gasteiger partial charge is 0.304 e. The number of fused-ring (bicyclic) bond motifs is 1. The van der Waals surface area contributed by atoms with Gasteiger partial charge in [0.2, 0.25) is 0 Å². The van der Waals surface area contributed by atoms with Crippen LogP contribution in [0.3, 0.4) is 0 Å². The number of nitrogens with zero attached hydrogens (tertiary/aromatic N) is 2. The first kappa shape index (κ1) is 24.1. The molecule has 0 bridgehead atoms. The van der Waals surface area contributed by atoms with E-state index in [1.165, 1.54) is 35.1 Å². The van der Waals surface area contributed by atoms with Gasteiger partial charge in [0, 0.05) is 19.4 Å². The summed E-state index contributed by atoms with van der Waals surface area (Å²) in [5.74, 6) is 0.364. The minimum absolute atomic E-state index is 0.00842. The molecule has 1 N–H and O–H groups in total. The molecule has 5 heteroatoms. The zero-order chi connectivity index (χ0) is 24.7. The Labute approximate surface area is 202 Å². The van der Waals surface area contributed by atoms with Crippen LogP contribution >= 0.6 is 0 Å². The van der Waals surface area contributed by atoms with Crippen LogP contribution in [0.25, 0.3) is 0 Å². The Morgan fingerprint density at radius 2 is 1.71 bits per heavy atom. The molecule has 34 heavy (non-hydrogen) atoms. The van der Waals surface area contributed by atoms with Gasteiger partial charge in [-0.2, -0.15) is 0 Å². The summed E-state index contributed by atoms with van der Waals surface area (Å²) in [7, 11) is 1.89. The van der Waals surface area contributed by atoms with Crippen LogP contribution in [-0.4, -0.2) is 20.6 Å². The molecule has 0 aliphatic heterocycles. The lowest BCUT2D eigenvalue weighted by atomic mass is 9.62. The van der Waals surface area contributed by atoms with E-state index >= 15 is 0 Å². The van der Waals surface area contributed by atoms with Gasteiger partial charge in [-0.15, -0.1) is 0 Å². The largest absolute Gasteiger partial charge is 0.489 e. The van der Waals surface area contributed by atoms with Gasteiger partial charge in [-0.05, 0) is 70.5 Å². The molecule has 1 aliphatic carbocycles. The second-order valence-electron chi connectivity index (χ2n) is 11.0. The molecule has 4 rings (SSSR count). The quantitative estimate of drug-likeness (QED) is 0.452. The van der Waals surface area contributed by atoms with E-state index in [1.54, 1.807) is 6.20 Å². The molecule has 0 saturated carbocycles. The van der Waals surface area contributed by atoms with Crippen molar-refractivity contribution in [2.75, 3.05) is 0 Å². The summed E-state index contributed by atoms with van der Waals surface area (Å²) in [5, 5.41) is 9.42. The second kappa shape index (κ2) is 8.94. The summed E-state index contributed by atoms with van der Waals surface area (Å²) in [6.45, 7) is 12.1. The third-order valence-corrected chi connectivity index (χ3v) is 7.54. The van der Waals surface area contributed by atoms with Gasteiger partial charge in [0.25, 0.3) is 0 Å². The van der Waals surface area contributed by atoms with Gasteiger partial charge in [0.15, 0.2) is 0 Å². The second-order valence-corrected chi connectivity index (χ2v) is 11.0. The van der Waals surface area contributed by atoms with Crippen molar-refractivity contribution < 1.29 is 14.6 Å². The van der Waals surface area contributed by atoms with Gasteiger partial charge in [-0.25, -0.2) is 4.98 Å². The van der Waals surface area contributed by atoms with Crippen LogP contribution in [-0.2, 0) is 29.3 Å². The van der Waals surface area contributed by atoms with E-state index < -0.39 is 5.97 Å². The third kappa shape index (κ3) is 4.75. The molecular weight excluding hydrogens is 424 g/mol. The number of carboxylic acids is 1.